The van der Waals surface area contributed by atoms with Crippen molar-refractivity contribution in [2.24, 2.45) is 0 Å². The Kier molecular flexibility index (Phi) is 11.3. The third kappa shape index (κ3) is 10.5. The van der Waals surface area contributed by atoms with Crippen LogP contribution in [-0.4, -0.2) is 36.7 Å². The maximum absolute atomic E-state index is 11.5. The predicted molar refractivity (Wildman–Crippen MR) is 74.1 cm³/mol. The van der Waals surface area contributed by atoms with Gasteiger partial charge in [-0.1, -0.05) is 45.4 Å². The number of aliphatic carboxylic acids is 1. The molecular formula is C14H27NO4. The summed E-state index contributed by atoms with van der Waals surface area (Å²) in [6.07, 6.45) is 8.37. The molecule has 19 heavy (non-hydrogen) atoms. The van der Waals surface area contributed by atoms with Crippen LogP contribution in [0.3, 0.4) is 0 Å². The van der Waals surface area contributed by atoms with E-state index in [1.54, 1.807) is 0 Å². The van der Waals surface area contributed by atoms with Gasteiger partial charge < -0.3 is 15.2 Å². The average molecular weight is 273 g/mol. The van der Waals surface area contributed by atoms with E-state index in [2.05, 4.69) is 12.2 Å². The molecule has 2 N–H and O–H groups in total. The molecule has 0 aromatic rings. The molecule has 0 aliphatic rings. The summed E-state index contributed by atoms with van der Waals surface area (Å²) in [7, 11) is 1.42. The first kappa shape index (κ1) is 17.9. The highest BCUT2D eigenvalue weighted by molar-refractivity contribution is 5.83. The zero-order valence-electron chi connectivity index (χ0n) is 12.1. The Morgan fingerprint density at radius 2 is 1.68 bits per heavy atom. The van der Waals surface area contributed by atoms with Gasteiger partial charge in [-0.25, -0.2) is 4.79 Å². The number of ether oxygens (including phenoxy) is 1. The standard InChI is InChI=1S/C14H27NO4/c1-3-4-5-6-7-8-9-10-13(16)15-12(11-19-2)14(17)18/h12H,3-11H2,1-2H3,(H,15,16)(H,17,18). The molecule has 0 bridgehead atoms. The molecule has 0 spiro atoms. The highest BCUT2D eigenvalue weighted by atomic mass is 16.5. The van der Waals surface area contributed by atoms with Gasteiger partial charge in [0.1, 0.15) is 0 Å². The van der Waals surface area contributed by atoms with Gasteiger partial charge in [0.15, 0.2) is 6.04 Å². The Balaban J connectivity index is 3.60. The Morgan fingerprint density at radius 3 is 2.21 bits per heavy atom. The molecule has 1 unspecified atom stereocenters. The van der Waals surface area contributed by atoms with Gasteiger partial charge in [0.25, 0.3) is 0 Å². The fourth-order valence-corrected chi connectivity index (χ4v) is 1.85. The number of carboxylic acids is 1. The van der Waals surface area contributed by atoms with E-state index in [4.69, 9.17) is 9.84 Å². The van der Waals surface area contributed by atoms with Crippen LogP contribution in [0.5, 0.6) is 0 Å². The van der Waals surface area contributed by atoms with E-state index >= 15 is 0 Å². The largest absolute Gasteiger partial charge is 0.480 e. The van der Waals surface area contributed by atoms with Crippen molar-refractivity contribution in [3.05, 3.63) is 0 Å². The van der Waals surface area contributed by atoms with Crippen LogP contribution in [0.25, 0.3) is 0 Å². The molecule has 0 aliphatic heterocycles. The number of carboxylic acid groups (broad SMARTS) is 1. The first-order chi connectivity index (χ1) is 9.11. The molecule has 0 radical (unpaired) electrons. The van der Waals surface area contributed by atoms with Crippen LogP contribution in [0.1, 0.15) is 58.3 Å². The summed E-state index contributed by atoms with van der Waals surface area (Å²) in [6, 6.07) is -0.943. The van der Waals surface area contributed by atoms with Crippen LogP contribution < -0.4 is 5.32 Å². The Labute approximate surface area is 115 Å². The minimum atomic E-state index is -1.06. The number of hydrogen-bond donors (Lipinski definition) is 2. The Bertz CT molecular complexity index is 256. The minimum Gasteiger partial charge on any atom is -0.480 e. The average Bonchev–Trinajstić information content (AvgIpc) is 2.37. The van der Waals surface area contributed by atoms with Gasteiger partial charge in [-0.05, 0) is 6.42 Å². The van der Waals surface area contributed by atoms with E-state index < -0.39 is 12.0 Å². The van der Waals surface area contributed by atoms with Gasteiger partial charge in [-0.15, -0.1) is 0 Å². The van der Waals surface area contributed by atoms with E-state index in [9.17, 15) is 9.59 Å². The van der Waals surface area contributed by atoms with Gasteiger partial charge in [0, 0.05) is 13.5 Å². The second-order valence-electron chi connectivity index (χ2n) is 4.78. The molecule has 112 valence electrons. The maximum atomic E-state index is 11.5. The van der Waals surface area contributed by atoms with Crippen molar-refractivity contribution in [1.29, 1.82) is 0 Å². The molecule has 0 aliphatic carbocycles. The van der Waals surface area contributed by atoms with E-state index in [0.29, 0.717) is 6.42 Å². The summed E-state index contributed by atoms with van der Waals surface area (Å²) in [5.41, 5.74) is 0. The van der Waals surface area contributed by atoms with E-state index in [1.807, 2.05) is 0 Å². The summed E-state index contributed by atoms with van der Waals surface area (Å²) in [5, 5.41) is 11.3. The van der Waals surface area contributed by atoms with E-state index in [-0.39, 0.29) is 12.5 Å². The van der Waals surface area contributed by atoms with Crippen molar-refractivity contribution < 1.29 is 19.4 Å². The fourth-order valence-electron chi connectivity index (χ4n) is 1.85. The molecular weight excluding hydrogens is 246 g/mol. The van der Waals surface area contributed by atoms with Crippen molar-refractivity contribution >= 4 is 11.9 Å². The van der Waals surface area contributed by atoms with Gasteiger partial charge in [-0.3, -0.25) is 4.79 Å². The maximum Gasteiger partial charge on any atom is 0.328 e. The molecule has 0 heterocycles. The summed E-state index contributed by atoms with van der Waals surface area (Å²) in [5.74, 6) is -1.27. The molecule has 1 amide bonds. The first-order valence-electron chi connectivity index (χ1n) is 7.13. The van der Waals surface area contributed by atoms with Gasteiger partial charge in [0.05, 0.1) is 6.61 Å². The van der Waals surface area contributed by atoms with Crippen molar-refractivity contribution in [2.75, 3.05) is 13.7 Å². The minimum absolute atomic E-state index is 0.00189. The summed E-state index contributed by atoms with van der Waals surface area (Å²) < 4.78 is 4.75. The van der Waals surface area contributed by atoms with Crippen molar-refractivity contribution in [3.63, 3.8) is 0 Å². The summed E-state index contributed by atoms with van der Waals surface area (Å²) in [4.78, 5) is 22.3. The zero-order chi connectivity index (χ0) is 14.5. The van der Waals surface area contributed by atoms with Gasteiger partial charge >= 0.3 is 5.97 Å². The number of carbonyl (C=O) groups is 2. The fraction of sp³-hybridized carbons (Fsp3) is 0.857. The molecule has 0 aromatic carbocycles. The molecule has 0 aromatic heterocycles. The zero-order valence-corrected chi connectivity index (χ0v) is 12.1. The number of methoxy groups -OCH3 is 1. The van der Waals surface area contributed by atoms with Crippen LogP contribution in [0.4, 0.5) is 0 Å². The SMILES string of the molecule is CCCCCCCCCC(=O)NC(COC)C(=O)O. The smallest absolute Gasteiger partial charge is 0.328 e. The lowest BCUT2D eigenvalue weighted by Crippen LogP contribution is -2.43. The van der Waals surface area contributed by atoms with Crippen LogP contribution in [-0.2, 0) is 14.3 Å². The summed E-state index contributed by atoms with van der Waals surface area (Å²) >= 11 is 0. The van der Waals surface area contributed by atoms with Crippen LogP contribution >= 0.6 is 0 Å². The molecule has 0 rings (SSSR count). The second kappa shape index (κ2) is 12.0. The lowest BCUT2D eigenvalue weighted by Gasteiger charge is -2.13. The van der Waals surface area contributed by atoms with Crippen molar-refractivity contribution in [1.82, 2.24) is 5.32 Å². The second-order valence-corrected chi connectivity index (χ2v) is 4.78. The molecule has 0 saturated heterocycles. The molecule has 0 fully saturated rings. The molecule has 5 heteroatoms. The van der Waals surface area contributed by atoms with Crippen molar-refractivity contribution in [3.8, 4) is 0 Å². The Hall–Kier alpha value is -1.10. The third-order valence-corrected chi connectivity index (χ3v) is 2.97. The third-order valence-electron chi connectivity index (χ3n) is 2.97. The van der Waals surface area contributed by atoms with Crippen LogP contribution in [0.15, 0.2) is 0 Å². The summed E-state index contributed by atoms with van der Waals surface area (Å²) in [6.45, 7) is 2.18. The number of carbonyl (C=O) groups excluding carboxylic acids is 1. The lowest BCUT2D eigenvalue weighted by atomic mass is 10.1. The number of rotatable bonds is 12. The monoisotopic (exact) mass is 273 g/mol. The number of unbranched alkanes of at least 4 members (excludes halogenated alkanes) is 6. The van der Waals surface area contributed by atoms with Crippen LogP contribution in [0.2, 0.25) is 0 Å². The molecule has 5 nitrogen and oxygen atoms in total. The first-order valence-corrected chi connectivity index (χ1v) is 7.13. The quantitative estimate of drug-likeness (QED) is 0.535. The normalized spacial score (nSPS) is 12.1. The van der Waals surface area contributed by atoms with Crippen LogP contribution in [0, 0.1) is 0 Å². The topological polar surface area (TPSA) is 75.6 Å². The van der Waals surface area contributed by atoms with E-state index in [0.717, 1.165) is 19.3 Å². The predicted octanol–water partition coefficient (Wildman–Crippen LogP) is 2.34. The van der Waals surface area contributed by atoms with Gasteiger partial charge in [0.2, 0.25) is 5.91 Å². The van der Waals surface area contributed by atoms with E-state index in [1.165, 1.54) is 32.8 Å². The number of amides is 1. The molecule has 0 saturated carbocycles. The Morgan fingerprint density at radius 1 is 1.11 bits per heavy atom. The number of nitrogens with one attached hydrogen (secondary N) is 1. The highest BCUT2D eigenvalue weighted by Crippen LogP contribution is 2.08. The highest BCUT2D eigenvalue weighted by Gasteiger charge is 2.18. The van der Waals surface area contributed by atoms with Gasteiger partial charge in [-0.2, -0.15) is 0 Å². The lowest BCUT2D eigenvalue weighted by molar-refractivity contribution is -0.143. The van der Waals surface area contributed by atoms with Crippen molar-refractivity contribution in [2.45, 2.75) is 64.3 Å². The number of hydrogen-bond acceptors (Lipinski definition) is 3. The molecule has 1 atom stereocenters.